The van der Waals surface area contributed by atoms with E-state index >= 15 is 0 Å². The summed E-state index contributed by atoms with van der Waals surface area (Å²) in [6.07, 6.45) is -2.29. The van der Waals surface area contributed by atoms with Gasteiger partial charge in [0.2, 0.25) is 0 Å². The molecule has 0 atom stereocenters. The fourth-order valence-corrected chi connectivity index (χ4v) is 1.26. The zero-order valence-electron chi connectivity index (χ0n) is 7.37. The van der Waals surface area contributed by atoms with E-state index in [0.29, 0.717) is 5.56 Å². The third-order valence-corrected chi connectivity index (χ3v) is 1.90. The van der Waals surface area contributed by atoms with Crippen LogP contribution in [0.5, 0.6) is 5.75 Å². The maximum Gasteiger partial charge on any atom is 0.267 e. The molecule has 1 aromatic rings. The van der Waals surface area contributed by atoms with Crippen LogP contribution in [0.2, 0.25) is 0 Å². The Balaban J connectivity index is 3.03. The number of hydrogen-bond acceptors (Lipinski definition) is 2. The lowest BCUT2D eigenvalue weighted by molar-refractivity contribution is 0.146. The second-order valence-electron chi connectivity index (χ2n) is 2.81. The number of aromatic hydroxyl groups is 1. The molecule has 0 heterocycles. The Morgan fingerprint density at radius 1 is 1.43 bits per heavy atom. The van der Waals surface area contributed by atoms with Crippen LogP contribution >= 0.6 is 0 Å². The fourth-order valence-electron chi connectivity index (χ4n) is 1.26. The van der Waals surface area contributed by atoms with Gasteiger partial charge in [-0.2, -0.15) is 5.26 Å². The van der Waals surface area contributed by atoms with Crippen LogP contribution in [0.3, 0.4) is 0 Å². The van der Waals surface area contributed by atoms with Gasteiger partial charge in [-0.25, -0.2) is 8.78 Å². The minimum atomic E-state index is -2.70. The van der Waals surface area contributed by atoms with Crippen molar-refractivity contribution in [2.24, 2.45) is 0 Å². The molecular weight excluding hydrogens is 188 g/mol. The molecule has 0 saturated heterocycles. The summed E-state index contributed by atoms with van der Waals surface area (Å²) in [7, 11) is 0. The van der Waals surface area contributed by atoms with Crippen LogP contribution in [-0.4, -0.2) is 5.11 Å². The fraction of sp³-hybridized carbons (Fsp3) is 0.300. The molecule has 0 unspecified atom stereocenters. The van der Waals surface area contributed by atoms with Gasteiger partial charge < -0.3 is 5.11 Å². The number of nitrogens with zero attached hydrogens (tertiary/aromatic N) is 1. The first-order valence-electron chi connectivity index (χ1n) is 4.12. The molecule has 0 bridgehead atoms. The summed E-state index contributed by atoms with van der Waals surface area (Å²) in [5, 5.41) is 17.5. The van der Waals surface area contributed by atoms with E-state index < -0.39 is 12.2 Å². The average Bonchev–Trinajstić information content (AvgIpc) is 2.14. The minimum absolute atomic E-state index is 0.170. The van der Waals surface area contributed by atoms with Gasteiger partial charge in [0.05, 0.1) is 11.6 Å². The van der Waals surface area contributed by atoms with E-state index in [4.69, 9.17) is 5.26 Å². The Kier molecular flexibility index (Phi) is 3.41. The van der Waals surface area contributed by atoms with E-state index in [1.165, 1.54) is 18.2 Å². The standard InChI is InChI=1S/C10H9F2NO/c11-10(12)9-7(4-2-6-13)3-1-5-8(9)14/h1,3,5,10,14H,2,4H2. The van der Waals surface area contributed by atoms with Crippen molar-refractivity contribution in [1.82, 2.24) is 0 Å². The maximum absolute atomic E-state index is 12.5. The lowest BCUT2D eigenvalue weighted by Crippen LogP contribution is -1.95. The molecular formula is C10H9F2NO. The monoisotopic (exact) mass is 197 g/mol. The highest BCUT2D eigenvalue weighted by Crippen LogP contribution is 2.31. The minimum Gasteiger partial charge on any atom is -0.507 e. The van der Waals surface area contributed by atoms with Crippen LogP contribution in [0, 0.1) is 11.3 Å². The first-order chi connectivity index (χ1) is 6.66. The second kappa shape index (κ2) is 4.56. The third kappa shape index (κ3) is 2.19. The third-order valence-electron chi connectivity index (χ3n) is 1.90. The van der Waals surface area contributed by atoms with Crippen molar-refractivity contribution in [3.05, 3.63) is 29.3 Å². The quantitative estimate of drug-likeness (QED) is 0.809. The van der Waals surface area contributed by atoms with Crippen molar-refractivity contribution >= 4 is 0 Å². The number of halogens is 2. The number of aryl methyl sites for hydroxylation is 1. The van der Waals surface area contributed by atoms with Gasteiger partial charge in [0.1, 0.15) is 5.75 Å². The highest BCUT2D eigenvalue weighted by Gasteiger charge is 2.16. The predicted molar refractivity (Wildman–Crippen MR) is 47.0 cm³/mol. The van der Waals surface area contributed by atoms with Gasteiger partial charge in [0.15, 0.2) is 0 Å². The van der Waals surface area contributed by atoms with Gasteiger partial charge in [-0.1, -0.05) is 12.1 Å². The summed E-state index contributed by atoms with van der Waals surface area (Å²) in [5.41, 5.74) is -0.0238. The zero-order valence-corrected chi connectivity index (χ0v) is 7.37. The van der Waals surface area contributed by atoms with Gasteiger partial charge >= 0.3 is 0 Å². The van der Waals surface area contributed by atoms with Gasteiger partial charge in [-0.05, 0) is 18.1 Å². The van der Waals surface area contributed by atoms with Crippen LogP contribution < -0.4 is 0 Å². The van der Waals surface area contributed by atoms with Crippen LogP contribution in [0.25, 0.3) is 0 Å². The number of benzene rings is 1. The predicted octanol–water partition coefficient (Wildman–Crippen LogP) is 2.79. The number of alkyl halides is 2. The molecule has 0 aliphatic carbocycles. The van der Waals surface area contributed by atoms with Crippen molar-refractivity contribution in [2.45, 2.75) is 19.3 Å². The summed E-state index contributed by atoms with van der Waals surface area (Å²) in [6, 6.07) is 6.09. The average molecular weight is 197 g/mol. The molecule has 0 spiro atoms. The van der Waals surface area contributed by atoms with E-state index in [1.807, 2.05) is 6.07 Å². The Morgan fingerprint density at radius 3 is 2.71 bits per heavy atom. The van der Waals surface area contributed by atoms with Crippen LogP contribution in [0.1, 0.15) is 24.0 Å². The molecule has 74 valence electrons. The summed E-state index contributed by atoms with van der Waals surface area (Å²) >= 11 is 0. The van der Waals surface area contributed by atoms with E-state index in [2.05, 4.69) is 0 Å². The summed E-state index contributed by atoms with van der Waals surface area (Å²) < 4.78 is 24.9. The van der Waals surface area contributed by atoms with E-state index in [1.54, 1.807) is 0 Å². The number of nitriles is 1. The molecule has 0 aliphatic rings. The summed E-state index contributed by atoms with van der Waals surface area (Å²) in [5.74, 6) is -0.407. The largest absolute Gasteiger partial charge is 0.507 e. The molecule has 0 saturated carbocycles. The number of hydrogen-bond donors (Lipinski definition) is 1. The first-order valence-corrected chi connectivity index (χ1v) is 4.12. The normalized spacial score (nSPS) is 10.1. The summed E-state index contributed by atoms with van der Waals surface area (Å²) in [4.78, 5) is 0. The Labute approximate surface area is 80.4 Å². The van der Waals surface area contributed by atoms with Gasteiger partial charge in [-0.3, -0.25) is 0 Å². The molecule has 1 rings (SSSR count). The molecule has 1 aromatic carbocycles. The lowest BCUT2D eigenvalue weighted by atomic mass is 10.0. The Hall–Kier alpha value is -1.63. The molecule has 0 radical (unpaired) electrons. The van der Waals surface area contributed by atoms with Crippen LogP contribution in [-0.2, 0) is 6.42 Å². The Morgan fingerprint density at radius 2 is 2.14 bits per heavy atom. The van der Waals surface area contributed by atoms with Crippen LogP contribution in [0.15, 0.2) is 18.2 Å². The number of rotatable bonds is 3. The Bertz CT molecular complexity index is 358. The molecule has 0 fully saturated rings. The molecule has 0 aromatic heterocycles. The highest BCUT2D eigenvalue weighted by molar-refractivity contribution is 5.40. The van der Waals surface area contributed by atoms with Crippen molar-refractivity contribution in [3.63, 3.8) is 0 Å². The number of phenols is 1. The first kappa shape index (κ1) is 10.5. The highest BCUT2D eigenvalue weighted by atomic mass is 19.3. The van der Waals surface area contributed by atoms with E-state index in [0.717, 1.165) is 0 Å². The molecule has 14 heavy (non-hydrogen) atoms. The molecule has 0 amide bonds. The molecule has 2 nitrogen and oxygen atoms in total. The van der Waals surface area contributed by atoms with Gasteiger partial charge in [0.25, 0.3) is 6.43 Å². The van der Waals surface area contributed by atoms with Crippen molar-refractivity contribution in [1.29, 1.82) is 5.26 Å². The number of phenolic OH excluding ortho intramolecular Hbond substituents is 1. The second-order valence-corrected chi connectivity index (χ2v) is 2.81. The van der Waals surface area contributed by atoms with Crippen molar-refractivity contribution in [2.75, 3.05) is 0 Å². The maximum atomic E-state index is 12.5. The summed E-state index contributed by atoms with van der Waals surface area (Å²) in [6.45, 7) is 0. The molecule has 4 heteroatoms. The van der Waals surface area contributed by atoms with Gasteiger partial charge in [-0.15, -0.1) is 0 Å². The molecule has 1 N–H and O–H groups in total. The smallest absolute Gasteiger partial charge is 0.267 e. The van der Waals surface area contributed by atoms with Gasteiger partial charge in [0, 0.05) is 6.42 Å². The van der Waals surface area contributed by atoms with E-state index in [-0.39, 0.29) is 18.4 Å². The van der Waals surface area contributed by atoms with Crippen molar-refractivity contribution in [3.8, 4) is 11.8 Å². The van der Waals surface area contributed by atoms with Crippen LogP contribution in [0.4, 0.5) is 8.78 Å². The SMILES string of the molecule is N#CCCc1cccc(O)c1C(F)F. The topological polar surface area (TPSA) is 44.0 Å². The van der Waals surface area contributed by atoms with Crippen molar-refractivity contribution < 1.29 is 13.9 Å². The lowest BCUT2D eigenvalue weighted by Gasteiger charge is -2.08. The van der Waals surface area contributed by atoms with E-state index in [9.17, 15) is 13.9 Å². The zero-order chi connectivity index (χ0) is 10.6. The molecule has 0 aliphatic heterocycles.